The van der Waals surface area contributed by atoms with Gasteiger partial charge in [0.1, 0.15) is 0 Å². The molecule has 0 unspecified atom stereocenters. The summed E-state index contributed by atoms with van der Waals surface area (Å²) in [6.45, 7) is 0. The van der Waals surface area contributed by atoms with Crippen LogP contribution in [-0.2, 0) is 14.4 Å². The van der Waals surface area contributed by atoms with E-state index in [9.17, 15) is 14.4 Å². The van der Waals surface area contributed by atoms with Crippen LogP contribution in [0.1, 0.15) is 12.8 Å². The van der Waals surface area contributed by atoms with Crippen LogP contribution in [0.3, 0.4) is 0 Å². The topological polar surface area (TPSA) is 95.5 Å². The van der Waals surface area contributed by atoms with Crippen LogP contribution in [0.15, 0.2) is 36.4 Å². The number of anilines is 2. The van der Waals surface area contributed by atoms with E-state index in [1.54, 1.807) is 24.3 Å². The molecule has 0 aliphatic heterocycles. The van der Waals surface area contributed by atoms with Crippen LogP contribution in [0.5, 0.6) is 0 Å². The zero-order valence-electron chi connectivity index (χ0n) is 10.6. The van der Waals surface area contributed by atoms with Gasteiger partial charge in [0.15, 0.2) is 0 Å². The lowest BCUT2D eigenvalue weighted by Gasteiger charge is -2.07. The number of benzene rings is 1. The van der Waals surface area contributed by atoms with E-state index in [-0.39, 0.29) is 11.8 Å². The lowest BCUT2D eigenvalue weighted by Crippen LogP contribution is -2.14. The summed E-state index contributed by atoms with van der Waals surface area (Å²) in [5, 5.41) is 13.7. The molecule has 1 aromatic carbocycles. The minimum absolute atomic E-state index is 0.0146. The fraction of sp³-hybridized carbons (Fsp3) is 0.214. The Balaban J connectivity index is 1.96. The zero-order valence-corrected chi connectivity index (χ0v) is 10.6. The number of hydrogen-bond acceptors (Lipinski definition) is 3. The van der Waals surface area contributed by atoms with Gasteiger partial charge in [-0.1, -0.05) is 6.07 Å². The normalized spacial score (nSPS) is 14.0. The highest BCUT2D eigenvalue weighted by Crippen LogP contribution is 2.30. The summed E-state index contributed by atoms with van der Waals surface area (Å²) in [6, 6.07) is 6.69. The van der Waals surface area contributed by atoms with E-state index in [0.717, 1.165) is 25.0 Å². The van der Waals surface area contributed by atoms with E-state index in [1.165, 1.54) is 0 Å². The van der Waals surface area contributed by atoms with Crippen molar-refractivity contribution in [2.24, 2.45) is 5.92 Å². The van der Waals surface area contributed by atoms with E-state index >= 15 is 0 Å². The van der Waals surface area contributed by atoms with Crippen LogP contribution in [0.4, 0.5) is 11.4 Å². The second kappa shape index (κ2) is 6.01. The van der Waals surface area contributed by atoms with Gasteiger partial charge >= 0.3 is 5.97 Å². The highest BCUT2D eigenvalue weighted by Gasteiger charge is 2.29. The number of carbonyl (C=O) groups excluding carboxylic acids is 2. The quantitative estimate of drug-likeness (QED) is 0.711. The molecule has 0 bridgehead atoms. The SMILES string of the molecule is O=C(O)/C=C/C(=O)Nc1cccc(NC(=O)C2CC2)c1. The van der Waals surface area contributed by atoms with Crippen molar-refractivity contribution in [3.8, 4) is 0 Å². The van der Waals surface area contributed by atoms with E-state index in [0.29, 0.717) is 11.4 Å². The maximum Gasteiger partial charge on any atom is 0.328 e. The van der Waals surface area contributed by atoms with Gasteiger partial charge in [-0.25, -0.2) is 4.79 Å². The Morgan fingerprint density at radius 2 is 1.75 bits per heavy atom. The van der Waals surface area contributed by atoms with Gasteiger partial charge in [0, 0.05) is 29.4 Å². The van der Waals surface area contributed by atoms with Crippen LogP contribution in [-0.4, -0.2) is 22.9 Å². The van der Waals surface area contributed by atoms with Crippen LogP contribution >= 0.6 is 0 Å². The minimum Gasteiger partial charge on any atom is -0.478 e. The lowest BCUT2D eigenvalue weighted by atomic mass is 10.2. The minimum atomic E-state index is -1.19. The first-order chi connectivity index (χ1) is 9.54. The molecule has 6 heteroatoms. The molecule has 1 aliphatic carbocycles. The summed E-state index contributed by atoms with van der Waals surface area (Å²) in [6.07, 6.45) is 3.52. The van der Waals surface area contributed by atoms with Gasteiger partial charge < -0.3 is 15.7 Å². The van der Waals surface area contributed by atoms with Gasteiger partial charge in [-0.3, -0.25) is 9.59 Å². The third-order valence-electron chi connectivity index (χ3n) is 2.72. The first-order valence-electron chi connectivity index (χ1n) is 6.17. The van der Waals surface area contributed by atoms with Crippen LogP contribution < -0.4 is 10.6 Å². The molecule has 20 heavy (non-hydrogen) atoms. The maximum atomic E-state index is 11.6. The van der Waals surface area contributed by atoms with Crippen molar-refractivity contribution in [3.63, 3.8) is 0 Å². The average molecular weight is 274 g/mol. The Morgan fingerprint density at radius 3 is 2.35 bits per heavy atom. The highest BCUT2D eigenvalue weighted by atomic mass is 16.4. The number of amides is 2. The van der Waals surface area contributed by atoms with Crippen molar-refractivity contribution >= 4 is 29.2 Å². The second-order valence-corrected chi connectivity index (χ2v) is 4.51. The molecule has 1 aromatic rings. The van der Waals surface area contributed by atoms with Crippen molar-refractivity contribution in [1.29, 1.82) is 0 Å². The number of carboxylic acids is 1. The molecule has 3 N–H and O–H groups in total. The Hall–Kier alpha value is -2.63. The Labute approximate surface area is 115 Å². The van der Waals surface area contributed by atoms with Crippen LogP contribution in [0.2, 0.25) is 0 Å². The van der Waals surface area contributed by atoms with Gasteiger partial charge in [0.05, 0.1) is 0 Å². The summed E-state index contributed by atoms with van der Waals surface area (Å²) >= 11 is 0. The van der Waals surface area contributed by atoms with E-state index < -0.39 is 11.9 Å². The first-order valence-corrected chi connectivity index (χ1v) is 6.17. The molecule has 0 heterocycles. The van der Waals surface area contributed by atoms with Gasteiger partial charge in [0.2, 0.25) is 11.8 Å². The molecule has 0 aromatic heterocycles. The lowest BCUT2D eigenvalue weighted by molar-refractivity contribution is -0.131. The molecular formula is C14H14N2O4. The number of rotatable bonds is 5. The van der Waals surface area contributed by atoms with E-state index in [4.69, 9.17) is 5.11 Å². The first kappa shape index (κ1) is 13.8. The standard InChI is InChI=1S/C14H14N2O4/c17-12(6-7-13(18)19)15-10-2-1-3-11(8-10)16-14(20)9-4-5-9/h1-3,6-9H,4-5H2,(H,15,17)(H,16,20)(H,18,19)/b7-6+. The smallest absolute Gasteiger partial charge is 0.328 e. The molecule has 6 nitrogen and oxygen atoms in total. The maximum absolute atomic E-state index is 11.6. The van der Waals surface area contributed by atoms with Crippen molar-refractivity contribution in [2.75, 3.05) is 10.6 Å². The van der Waals surface area contributed by atoms with Crippen LogP contribution in [0.25, 0.3) is 0 Å². The summed E-state index contributed by atoms with van der Waals surface area (Å²) < 4.78 is 0. The molecule has 104 valence electrons. The molecule has 2 rings (SSSR count). The molecule has 1 fully saturated rings. The van der Waals surface area contributed by atoms with Crippen LogP contribution in [0, 0.1) is 5.92 Å². The molecule has 0 saturated heterocycles. The van der Waals surface area contributed by atoms with Gasteiger partial charge in [-0.05, 0) is 31.0 Å². The highest BCUT2D eigenvalue weighted by molar-refractivity contribution is 6.02. The van der Waals surface area contributed by atoms with Crippen molar-refractivity contribution in [3.05, 3.63) is 36.4 Å². The van der Waals surface area contributed by atoms with Gasteiger partial charge in [-0.2, -0.15) is 0 Å². The number of hydrogen-bond donors (Lipinski definition) is 3. The Morgan fingerprint density at radius 1 is 1.10 bits per heavy atom. The van der Waals surface area contributed by atoms with E-state index in [1.807, 2.05) is 0 Å². The summed E-state index contributed by atoms with van der Waals surface area (Å²) in [5.74, 6) is -1.64. The third kappa shape index (κ3) is 4.24. The molecule has 1 aliphatic rings. The molecular weight excluding hydrogens is 260 g/mol. The summed E-state index contributed by atoms with van der Waals surface area (Å²) in [4.78, 5) is 33.3. The summed E-state index contributed by atoms with van der Waals surface area (Å²) in [5.41, 5.74) is 1.08. The molecule has 2 amide bonds. The largest absolute Gasteiger partial charge is 0.478 e. The Kier molecular flexibility index (Phi) is 4.14. The third-order valence-corrected chi connectivity index (χ3v) is 2.72. The van der Waals surface area contributed by atoms with Gasteiger partial charge in [-0.15, -0.1) is 0 Å². The fourth-order valence-corrected chi connectivity index (χ4v) is 1.60. The predicted molar refractivity (Wildman–Crippen MR) is 73.2 cm³/mol. The van der Waals surface area contributed by atoms with Crippen molar-refractivity contribution in [1.82, 2.24) is 0 Å². The number of carbonyl (C=O) groups is 3. The second-order valence-electron chi connectivity index (χ2n) is 4.51. The average Bonchev–Trinajstić information content (AvgIpc) is 3.21. The van der Waals surface area contributed by atoms with E-state index in [2.05, 4.69) is 10.6 Å². The molecule has 1 saturated carbocycles. The summed E-state index contributed by atoms with van der Waals surface area (Å²) in [7, 11) is 0. The van der Waals surface area contributed by atoms with Crippen molar-refractivity contribution < 1.29 is 19.5 Å². The molecule has 0 atom stereocenters. The monoisotopic (exact) mass is 274 g/mol. The van der Waals surface area contributed by atoms with Gasteiger partial charge in [0.25, 0.3) is 0 Å². The Bertz CT molecular complexity index is 576. The number of nitrogens with one attached hydrogen (secondary N) is 2. The molecule has 0 spiro atoms. The number of aliphatic carboxylic acids is 1. The number of carboxylic acid groups (broad SMARTS) is 1. The zero-order chi connectivity index (χ0) is 14.5. The predicted octanol–water partition coefficient (Wildman–Crippen LogP) is 1.61. The van der Waals surface area contributed by atoms with Crippen molar-refractivity contribution in [2.45, 2.75) is 12.8 Å². The fourth-order valence-electron chi connectivity index (χ4n) is 1.60. The molecule has 0 radical (unpaired) electrons.